The molecule has 2 aliphatic rings. The summed E-state index contributed by atoms with van der Waals surface area (Å²) in [7, 11) is 0. The average Bonchev–Trinajstić information content (AvgIpc) is 3.16. The number of hydrogen-bond donors (Lipinski definition) is 3. The molecule has 0 unspecified atom stereocenters. The summed E-state index contributed by atoms with van der Waals surface area (Å²) in [6.45, 7) is 4.23. The van der Waals surface area contributed by atoms with Gasteiger partial charge in [0, 0.05) is 75.5 Å². The number of rotatable bonds is 13. The molecule has 266 valence electrons. The first-order chi connectivity index (χ1) is 24.7. The van der Waals surface area contributed by atoms with E-state index >= 15 is 0 Å². The number of ether oxygens (including phenoxy) is 2. The van der Waals surface area contributed by atoms with Crippen molar-refractivity contribution in [3.05, 3.63) is 129 Å². The van der Waals surface area contributed by atoms with Crippen LogP contribution in [0.4, 0.5) is 11.4 Å². The summed E-state index contributed by atoms with van der Waals surface area (Å²) >= 11 is 0. The van der Waals surface area contributed by atoms with E-state index < -0.39 is 12.3 Å². The topological polar surface area (TPSA) is 155 Å². The zero-order valence-corrected chi connectivity index (χ0v) is 28.2. The third-order valence-corrected chi connectivity index (χ3v) is 9.43. The number of nitrogens with zero attached hydrogens (tertiary/aromatic N) is 3. The first kappa shape index (κ1) is 35.7. The minimum atomic E-state index is -1.01. The number of carboxylic acid groups (broad SMARTS) is 1. The molecule has 2 heterocycles. The fourth-order valence-electron chi connectivity index (χ4n) is 6.57. The number of aliphatic carboxylic acids is 1. The highest BCUT2D eigenvalue weighted by Crippen LogP contribution is 2.39. The second-order valence-corrected chi connectivity index (χ2v) is 12.9. The fourth-order valence-corrected chi connectivity index (χ4v) is 6.57. The second-order valence-electron chi connectivity index (χ2n) is 12.9. The molecule has 0 bridgehead atoms. The molecule has 3 atom stereocenters. The minimum absolute atomic E-state index is 0.0292. The van der Waals surface area contributed by atoms with Crippen molar-refractivity contribution in [3.8, 4) is 11.1 Å². The highest BCUT2D eigenvalue weighted by atomic mass is 16.7. The molecule has 0 aromatic heterocycles. The van der Waals surface area contributed by atoms with Crippen LogP contribution in [0.2, 0.25) is 0 Å². The Kier molecular flexibility index (Phi) is 11.7. The summed E-state index contributed by atoms with van der Waals surface area (Å²) in [5.41, 5.74) is 6.62. The molecule has 4 aromatic carbocycles. The van der Waals surface area contributed by atoms with Gasteiger partial charge in [-0.05, 0) is 39.9 Å². The third-order valence-electron chi connectivity index (χ3n) is 9.43. The Labute approximate surface area is 296 Å². The van der Waals surface area contributed by atoms with Gasteiger partial charge in [-0.15, -0.1) is 0 Å². The Morgan fingerprint density at radius 1 is 0.843 bits per heavy atom. The number of piperazine rings is 1. The van der Waals surface area contributed by atoms with Crippen LogP contribution in [0.5, 0.6) is 0 Å². The monoisotopic (exact) mass is 694 g/mol. The van der Waals surface area contributed by atoms with Crippen LogP contribution in [-0.4, -0.2) is 70.7 Å². The van der Waals surface area contributed by atoms with Crippen molar-refractivity contribution < 1.29 is 34.2 Å². The summed E-state index contributed by atoms with van der Waals surface area (Å²) in [6.07, 6.45) is -0.543. The van der Waals surface area contributed by atoms with Crippen LogP contribution in [-0.2, 0) is 32.2 Å². The van der Waals surface area contributed by atoms with Gasteiger partial charge in [0.25, 0.3) is 5.69 Å². The average molecular weight is 695 g/mol. The molecule has 0 spiro atoms. The standard InChI is InChI=1S/C39H42N4O8/c44-26-27-5-7-29(8-6-27)36-23-34(25-41-19-21-42(22-20-41)32-13-15-33(16-14-32)43(48)49)50-39(51-36)30-11-9-28(10-12-30)35-4-2-1-3-31(35)24-40-37(45)17-18-38(46)47/h1-16,34,36,39,44H,17-26H2,(H,40,45)(H,46,47)/t34-,36+,39+/m1/s1. The molecule has 6 rings (SSSR count). The van der Waals surface area contributed by atoms with Gasteiger partial charge in [-0.25, -0.2) is 0 Å². The number of nitro benzene ring substituents is 1. The van der Waals surface area contributed by atoms with Crippen LogP contribution >= 0.6 is 0 Å². The van der Waals surface area contributed by atoms with Crippen LogP contribution in [0.15, 0.2) is 97.1 Å². The normalized spacial score (nSPS) is 19.4. The molecule has 4 aromatic rings. The van der Waals surface area contributed by atoms with E-state index in [1.54, 1.807) is 24.3 Å². The maximum atomic E-state index is 12.2. The van der Waals surface area contributed by atoms with Gasteiger partial charge in [-0.2, -0.15) is 0 Å². The van der Waals surface area contributed by atoms with Gasteiger partial charge in [0.1, 0.15) is 0 Å². The lowest BCUT2D eigenvalue weighted by molar-refractivity contribution is -0.384. The van der Waals surface area contributed by atoms with Crippen molar-refractivity contribution in [2.24, 2.45) is 0 Å². The van der Waals surface area contributed by atoms with Crippen LogP contribution in [0.1, 0.15) is 53.9 Å². The van der Waals surface area contributed by atoms with Crippen LogP contribution in [0.25, 0.3) is 11.1 Å². The molecule has 2 fully saturated rings. The smallest absolute Gasteiger partial charge is 0.303 e. The molecule has 3 N–H and O–H groups in total. The maximum Gasteiger partial charge on any atom is 0.303 e. The highest BCUT2D eigenvalue weighted by Gasteiger charge is 2.34. The molecule has 1 amide bonds. The Morgan fingerprint density at radius 2 is 1.53 bits per heavy atom. The van der Waals surface area contributed by atoms with Gasteiger partial charge < -0.3 is 29.9 Å². The van der Waals surface area contributed by atoms with Gasteiger partial charge in [0.2, 0.25) is 5.91 Å². The molecule has 12 nitrogen and oxygen atoms in total. The maximum absolute atomic E-state index is 12.2. The van der Waals surface area contributed by atoms with Crippen molar-refractivity contribution >= 4 is 23.3 Å². The first-order valence-electron chi connectivity index (χ1n) is 17.1. The van der Waals surface area contributed by atoms with E-state index in [-0.39, 0.29) is 54.7 Å². The van der Waals surface area contributed by atoms with Gasteiger partial charge >= 0.3 is 5.97 Å². The van der Waals surface area contributed by atoms with Gasteiger partial charge in [-0.3, -0.25) is 24.6 Å². The Morgan fingerprint density at radius 3 is 2.20 bits per heavy atom. The summed E-state index contributed by atoms with van der Waals surface area (Å²) in [6, 6.07) is 30.3. The van der Waals surface area contributed by atoms with E-state index in [0.29, 0.717) is 6.42 Å². The number of nitrogens with one attached hydrogen (secondary N) is 1. The fraction of sp³-hybridized carbons (Fsp3) is 0.333. The first-order valence-corrected chi connectivity index (χ1v) is 17.1. The molecule has 0 saturated carbocycles. The number of aliphatic hydroxyl groups excluding tert-OH is 1. The highest BCUT2D eigenvalue weighted by molar-refractivity contribution is 5.81. The number of non-ortho nitro benzene ring substituents is 1. The van der Waals surface area contributed by atoms with Gasteiger partial charge in [-0.1, -0.05) is 72.8 Å². The van der Waals surface area contributed by atoms with E-state index in [0.717, 1.165) is 71.8 Å². The van der Waals surface area contributed by atoms with Crippen molar-refractivity contribution in [2.45, 2.75) is 50.9 Å². The SMILES string of the molecule is O=C(O)CCC(=O)NCc1ccccc1-c1ccc([C@H]2O[C@@H](CN3CCN(c4ccc([N+](=O)[O-])cc4)CC3)C[C@@H](c3ccc(CO)cc3)O2)cc1. The molecular formula is C39H42N4O8. The lowest BCUT2D eigenvalue weighted by Crippen LogP contribution is -2.49. The third kappa shape index (κ3) is 9.35. The van der Waals surface area contributed by atoms with Gasteiger partial charge in [0.05, 0.1) is 30.2 Å². The lowest BCUT2D eigenvalue weighted by atomic mass is 9.97. The summed E-state index contributed by atoms with van der Waals surface area (Å²) in [5.74, 6) is -1.32. The number of nitro groups is 1. The number of carbonyl (C=O) groups excluding carboxylic acids is 1. The second kappa shape index (κ2) is 16.7. The quantitative estimate of drug-likeness (QED) is 0.119. The van der Waals surface area contributed by atoms with E-state index in [9.17, 15) is 24.8 Å². The van der Waals surface area contributed by atoms with E-state index in [2.05, 4.69) is 15.1 Å². The molecule has 51 heavy (non-hydrogen) atoms. The zero-order valence-electron chi connectivity index (χ0n) is 28.2. The Hall–Kier alpha value is -5.14. The largest absolute Gasteiger partial charge is 0.481 e. The molecule has 2 aliphatic heterocycles. The molecular weight excluding hydrogens is 652 g/mol. The minimum Gasteiger partial charge on any atom is -0.481 e. The molecule has 0 radical (unpaired) electrons. The predicted molar refractivity (Wildman–Crippen MR) is 191 cm³/mol. The summed E-state index contributed by atoms with van der Waals surface area (Å²) in [5, 5.41) is 32.3. The van der Waals surface area contributed by atoms with Crippen LogP contribution in [0.3, 0.4) is 0 Å². The number of amides is 1. The van der Waals surface area contributed by atoms with Crippen molar-refractivity contribution in [3.63, 3.8) is 0 Å². The number of hydrogen-bond acceptors (Lipinski definition) is 9. The predicted octanol–water partition coefficient (Wildman–Crippen LogP) is 5.60. The molecule has 0 aliphatic carbocycles. The van der Waals surface area contributed by atoms with Crippen molar-refractivity contribution in [1.82, 2.24) is 10.2 Å². The number of benzene rings is 4. The van der Waals surface area contributed by atoms with E-state index in [4.69, 9.17) is 14.6 Å². The number of carboxylic acids is 1. The summed E-state index contributed by atoms with van der Waals surface area (Å²) < 4.78 is 13.2. The van der Waals surface area contributed by atoms with Crippen LogP contribution < -0.4 is 10.2 Å². The number of anilines is 1. The Balaban J connectivity index is 1.13. The lowest BCUT2D eigenvalue weighted by Gasteiger charge is -2.41. The van der Waals surface area contributed by atoms with Gasteiger partial charge in [0.15, 0.2) is 6.29 Å². The molecule has 12 heteroatoms. The van der Waals surface area contributed by atoms with Crippen molar-refractivity contribution in [1.29, 1.82) is 0 Å². The Bertz CT molecular complexity index is 1790. The zero-order chi connectivity index (χ0) is 35.7. The van der Waals surface area contributed by atoms with E-state index in [1.807, 2.05) is 72.8 Å². The summed E-state index contributed by atoms with van der Waals surface area (Å²) in [4.78, 5) is 38.3. The molecule has 2 saturated heterocycles. The number of carbonyl (C=O) groups is 2. The van der Waals surface area contributed by atoms with Crippen molar-refractivity contribution in [2.75, 3.05) is 37.6 Å². The number of aliphatic hydroxyl groups is 1. The van der Waals surface area contributed by atoms with E-state index in [1.165, 1.54) is 0 Å². The van der Waals surface area contributed by atoms with Crippen LogP contribution in [0, 0.1) is 10.1 Å².